The molecule has 1 aliphatic rings. The second kappa shape index (κ2) is 8.48. The van der Waals surface area contributed by atoms with Crippen LogP contribution < -0.4 is 14.8 Å². The fourth-order valence-corrected chi connectivity index (χ4v) is 3.86. The van der Waals surface area contributed by atoms with Gasteiger partial charge in [0.2, 0.25) is 15.9 Å². The minimum absolute atomic E-state index is 0.0534. The highest BCUT2D eigenvalue weighted by atomic mass is 32.2. The fraction of sp³-hybridized carbons (Fsp3) is 0.588. The number of sulfonamides is 1. The highest BCUT2D eigenvalue weighted by Crippen LogP contribution is 2.26. The molecule has 134 valence electrons. The quantitative estimate of drug-likeness (QED) is 0.788. The molecule has 2 atom stereocenters. The van der Waals surface area contributed by atoms with Crippen LogP contribution in [0.4, 0.5) is 5.69 Å². The van der Waals surface area contributed by atoms with Crippen molar-refractivity contribution in [2.45, 2.75) is 45.6 Å². The second-order valence-electron chi connectivity index (χ2n) is 6.19. The van der Waals surface area contributed by atoms with Gasteiger partial charge in [-0.25, -0.2) is 13.1 Å². The Kier molecular flexibility index (Phi) is 6.62. The Morgan fingerprint density at radius 1 is 1.21 bits per heavy atom. The number of rotatable bonds is 7. The van der Waals surface area contributed by atoms with Gasteiger partial charge in [0.05, 0.1) is 12.4 Å². The van der Waals surface area contributed by atoms with Crippen molar-refractivity contribution < 1.29 is 17.9 Å². The van der Waals surface area contributed by atoms with E-state index in [1.807, 2.05) is 0 Å². The minimum Gasteiger partial charge on any atom is -0.493 e. The zero-order valence-corrected chi connectivity index (χ0v) is 15.1. The van der Waals surface area contributed by atoms with Crippen LogP contribution >= 0.6 is 0 Å². The number of amides is 1. The number of benzene rings is 1. The summed E-state index contributed by atoms with van der Waals surface area (Å²) >= 11 is 0. The Morgan fingerprint density at radius 2 is 1.88 bits per heavy atom. The van der Waals surface area contributed by atoms with Crippen molar-refractivity contribution in [1.82, 2.24) is 4.72 Å². The molecule has 1 fully saturated rings. The molecule has 0 bridgehead atoms. The van der Waals surface area contributed by atoms with Crippen LogP contribution in [0.2, 0.25) is 0 Å². The molecule has 1 aliphatic carbocycles. The molecule has 0 radical (unpaired) electrons. The Bertz CT molecular complexity index is 643. The summed E-state index contributed by atoms with van der Waals surface area (Å²) in [7, 11) is -3.20. The van der Waals surface area contributed by atoms with Crippen molar-refractivity contribution in [3.05, 3.63) is 24.3 Å². The van der Waals surface area contributed by atoms with Crippen LogP contribution in [0.1, 0.15) is 39.5 Å². The summed E-state index contributed by atoms with van der Waals surface area (Å²) in [6.07, 6.45) is 3.95. The average molecular weight is 354 g/mol. The molecule has 2 rings (SSSR count). The fourth-order valence-electron chi connectivity index (χ4n) is 2.92. The van der Waals surface area contributed by atoms with Crippen LogP contribution in [0.15, 0.2) is 24.3 Å². The standard InChI is InChI=1S/C17H26N2O4S/c1-3-24(21,22)19-17-7-5-4-6-14(17)12-23-16-10-8-15(9-11-16)18-13(2)20/h8-11,14,17,19H,3-7,12H2,1-2H3,(H,18,20). The van der Waals surface area contributed by atoms with Crippen LogP contribution in [0, 0.1) is 5.92 Å². The predicted molar refractivity (Wildman–Crippen MR) is 94.6 cm³/mol. The molecule has 1 aromatic rings. The van der Waals surface area contributed by atoms with Gasteiger partial charge in [0.25, 0.3) is 0 Å². The van der Waals surface area contributed by atoms with Crippen molar-refractivity contribution in [1.29, 1.82) is 0 Å². The molecule has 2 N–H and O–H groups in total. The molecule has 6 nitrogen and oxygen atoms in total. The van der Waals surface area contributed by atoms with E-state index in [-0.39, 0.29) is 23.6 Å². The molecule has 1 saturated carbocycles. The van der Waals surface area contributed by atoms with E-state index < -0.39 is 10.0 Å². The third-order valence-corrected chi connectivity index (χ3v) is 5.68. The Balaban J connectivity index is 1.92. The molecule has 1 aromatic carbocycles. The zero-order valence-electron chi connectivity index (χ0n) is 14.2. The summed E-state index contributed by atoms with van der Waals surface area (Å²) < 4.78 is 32.3. The summed E-state index contributed by atoms with van der Waals surface area (Å²) in [5, 5.41) is 2.71. The number of anilines is 1. The first-order valence-corrected chi connectivity index (χ1v) is 10.1. The summed E-state index contributed by atoms with van der Waals surface area (Å²) in [6, 6.07) is 7.13. The van der Waals surface area contributed by atoms with Gasteiger partial charge in [0, 0.05) is 24.6 Å². The third-order valence-electron chi connectivity index (χ3n) is 4.26. The molecule has 0 spiro atoms. The third kappa shape index (κ3) is 5.79. The zero-order chi connectivity index (χ0) is 17.6. The highest BCUT2D eigenvalue weighted by Gasteiger charge is 2.28. The van der Waals surface area contributed by atoms with E-state index in [0.29, 0.717) is 12.4 Å². The maximum absolute atomic E-state index is 11.8. The lowest BCUT2D eigenvalue weighted by Gasteiger charge is -2.31. The molecular weight excluding hydrogens is 328 g/mol. The van der Waals surface area contributed by atoms with Gasteiger partial charge in [0.1, 0.15) is 5.75 Å². The van der Waals surface area contributed by atoms with Gasteiger partial charge < -0.3 is 10.1 Å². The maximum atomic E-state index is 11.8. The largest absolute Gasteiger partial charge is 0.493 e. The van der Waals surface area contributed by atoms with Gasteiger partial charge >= 0.3 is 0 Å². The maximum Gasteiger partial charge on any atom is 0.221 e. The lowest BCUT2D eigenvalue weighted by Crippen LogP contribution is -2.44. The first kappa shape index (κ1) is 18.7. The summed E-state index contributed by atoms with van der Waals surface area (Å²) in [5.41, 5.74) is 0.723. The first-order chi connectivity index (χ1) is 11.4. The average Bonchev–Trinajstić information content (AvgIpc) is 2.54. The van der Waals surface area contributed by atoms with Gasteiger partial charge in [-0.15, -0.1) is 0 Å². The van der Waals surface area contributed by atoms with E-state index in [1.165, 1.54) is 6.92 Å². The second-order valence-corrected chi connectivity index (χ2v) is 8.23. The Morgan fingerprint density at radius 3 is 2.50 bits per heavy atom. The van der Waals surface area contributed by atoms with E-state index >= 15 is 0 Å². The number of carbonyl (C=O) groups is 1. The van der Waals surface area contributed by atoms with Crippen molar-refractivity contribution >= 4 is 21.6 Å². The van der Waals surface area contributed by atoms with Gasteiger partial charge in [0.15, 0.2) is 0 Å². The molecule has 1 amide bonds. The van der Waals surface area contributed by atoms with Crippen molar-refractivity contribution in [2.75, 3.05) is 17.7 Å². The topological polar surface area (TPSA) is 84.5 Å². The van der Waals surface area contributed by atoms with Gasteiger partial charge in [-0.05, 0) is 44.0 Å². The van der Waals surface area contributed by atoms with Crippen molar-refractivity contribution in [3.63, 3.8) is 0 Å². The van der Waals surface area contributed by atoms with E-state index in [4.69, 9.17) is 4.74 Å². The number of ether oxygens (including phenoxy) is 1. The van der Waals surface area contributed by atoms with Crippen LogP contribution in [-0.2, 0) is 14.8 Å². The lowest BCUT2D eigenvalue weighted by atomic mass is 9.86. The van der Waals surface area contributed by atoms with E-state index in [1.54, 1.807) is 31.2 Å². The SMILES string of the molecule is CCS(=O)(=O)NC1CCCCC1COc1ccc(NC(C)=O)cc1. The number of hydrogen-bond donors (Lipinski definition) is 2. The van der Waals surface area contributed by atoms with E-state index in [0.717, 1.165) is 31.4 Å². The molecule has 0 heterocycles. The molecule has 0 aliphatic heterocycles. The monoisotopic (exact) mass is 354 g/mol. The van der Waals surface area contributed by atoms with Crippen LogP contribution in [0.3, 0.4) is 0 Å². The first-order valence-electron chi connectivity index (χ1n) is 8.40. The Labute approximate surface area is 144 Å². The van der Waals surface area contributed by atoms with E-state index in [2.05, 4.69) is 10.0 Å². The van der Waals surface area contributed by atoms with Crippen LogP contribution in [0.25, 0.3) is 0 Å². The molecule has 24 heavy (non-hydrogen) atoms. The number of nitrogens with one attached hydrogen (secondary N) is 2. The summed E-state index contributed by atoms with van der Waals surface area (Å²) in [5.74, 6) is 0.876. The molecule has 0 aromatic heterocycles. The van der Waals surface area contributed by atoms with Crippen LogP contribution in [0.5, 0.6) is 5.75 Å². The smallest absolute Gasteiger partial charge is 0.221 e. The normalized spacial score (nSPS) is 21.2. The van der Waals surface area contributed by atoms with Crippen molar-refractivity contribution in [2.24, 2.45) is 5.92 Å². The Hall–Kier alpha value is -1.60. The predicted octanol–water partition coefficient (Wildman–Crippen LogP) is 2.52. The van der Waals surface area contributed by atoms with E-state index in [9.17, 15) is 13.2 Å². The summed E-state index contributed by atoms with van der Waals surface area (Å²) in [6.45, 7) is 3.59. The molecule has 0 saturated heterocycles. The number of hydrogen-bond acceptors (Lipinski definition) is 4. The number of carbonyl (C=O) groups excluding carboxylic acids is 1. The van der Waals surface area contributed by atoms with Crippen LogP contribution in [-0.4, -0.2) is 32.7 Å². The molecule has 2 unspecified atom stereocenters. The lowest BCUT2D eigenvalue weighted by molar-refractivity contribution is -0.114. The van der Waals surface area contributed by atoms with Gasteiger partial charge in [-0.2, -0.15) is 0 Å². The highest BCUT2D eigenvalue weighted by molar-refractivity contribution is 7.89. The molecule has 7 heteroatoms. The van der Waals surface area contributed by atoms with Gasteiger partial charge in [-0.1, -0.05) is 12.8 Å². The van der Waals surface area contributed by atoms with Gasteiger partial charge in [-0.3, -0.25) is 4.79 Å². The minimum atomic E-state index is -3.20. The summed E-state index contributed by atoms with van der Waals surface area (Å²) in [4.78, 5) is 11.0. The van der Waals surface area contributed by atoms with Crippen molar-refractivity contribution in [3.8, 4) is 5.75 Å². The molecular formula is C17H26N2O4S.